The van der Waals surface area contributed by atoms with Gasteiger partial charge in [-0.2, -0.15) is 10.2 Å². The van der Waals surface area contributed by atoms with Crippen LogP contribution in [-0.2, 0) is 13.1 Å². The van der Waals surface area contributed by atoms with Crippen LogP contribution in [0.2, 0.25) is 5.02 Å². The molecule has 4 heterocycles. The van der Waals surface area contributed by atoms with Gasteiger partial charge < -0.3 is 10.2 Å². The molecule has 47 heavy (non-hydrogen) atoms. The SMILES string of the molecule is CC(NC(=O)c1c2n(c(=O)n1-c1ccc(-n3cccn3)cc1)CCN(C(=O)c1ccc(Br)c(Cl)c1)C2)c1ccccc1-n1cncn1. The van der Waals surface area contributed by atoms with Crippen LogP contribution in [0.3, 0.4) is 0 Å². The number of carbonyl (C=O) groups is 2. The zero-order valence-electron chi connectivity index (χ0n) is 25.0. The van der Waals surface area contributed by atoms with Crippen molar-refractivity contribution < 1.29 is 9.59 Å². The molecule has 1 N–H and O–H groups in total. The number of nitrogens with zero attached hydrogens (tertiary/aromatic N) is 8. The monoisotopic (exact) mass is 711 g/mol. The molecule has 1 aliphatic rings. The van der Waals surface area contributed by atoms with Crippen molar-refractivity contribution in [2.24, 2.45) is 0 Å². The Kier molecular flexibility index (Phi) is 8.08. The topological polar surface area (TPSA) is 125 Å². The minimum absolute atomic E-state index is 0.0484. The van der Waals surface area contributed by atoms with Crippen LogP contribution in [0.15, 0.2) is 107 Å². The molecule has 0 aliphatic carbocycles. The largest absolute Gasteiger partial charge is 0.344 e. The second-order valence-corrected chi connectivity index (χ2v) is 12.2. The molecule has 6 aromatic rings. The Balaban J connectivity index is 1.28. The Hall–Kier alpha value is -5.27. The van der Waals surface area contributed by atoms with E-state index < -0.39 is 11.9 Å². The maximum atomic E-state index is 14.3. The molecule has 0 radical (unpaired) electrons. The first-order valence-electron chi connectivity index (χ1n) is 14.7. The Bertz CT molecular complexity index is 2160. The fourth-order valence-corrected chi connectivity index (χ4v) is 6.26. The third kappa shape index (κ3) is 5.68. The van der Waals surface area contributed by atoms with Crippen molar-refractivity contribution in [2.75, 3.05) is 6.54 Å². The summed E-state index contributed by atoms with van der Waals surface area (Å²) >= 11 is 9.66. The highest BCUT2D eigenvalue weighted by atomic mass is 79.9. The molecule has 0 saturated carbocycles. The van der Waals surface area contributed by atoms with Crippen molar-refractivity contribution in [1.82, 2.24) is 43.9 Å². The minimum atomic E-state index is -0.476. The number of hydrogen-bond donors (Lipinski definition) is 1. The van der Waals surface area contributed by atoms with Crippen LogP contribution in [0.25, 0.3) is 17.1 Å². The highest BCUT2D eigenvalue weighted by Gasteiger charge is 2.33. The number of hydrogen-bond acceptors (Lipinski definition) is 6. The van der Waals surface area contributed by atoms with Gasteiger partial charge in [-0.05, 0) is 83.0 Å². The quantitative estimate of drug-likeness (QED) is 0.249. The van der Waals surface area contributed by atoms with E-state index in [0.29, 0.717) is 26.4 Å². The number of carbonyl (C=O) groups excluding carboxylic acids is 2. The van der Waals surface area contributed by atoms with Crippen LogP contribution in [0.5, 0.6) is 0 Å². The molecule has 3 aromatic carbocycles. The summed E-state index contributed by atoms with van der Waals surface area (Å²) in [6.45, 7) is 2.41. The van der Waals surface area contributed by atoms with E-state index >= 15 is 0 Å². The maximum Gasteiger partial charge on any atom is 0.333 e. The van der Waals surface area contributed by atoms with E-state index in [4.69, 9.17) is 11.6 Å². The fourth-order valence-electron chi connectivity index (χ4n) is 5.83. The molecule has 0 bridgehead atoms. The number of fused-ring (bicyclic) bond motifs is 1. The lowest BCUT2D eigenvalue weighted by Gasteiger charge is -2.28. The van der Waals surface area contributed by atoms with E-state index in [9.17, 15) is 14.4 Å². The Morgan fingerprint density at radius 3 is 2.47 bits per heavy atom. The summed E-state index contributed by atoms with van der Waals surface area (Å²) in [5.74, 6) is -0.718. The number of benzene rings is 3. The van der Waals surface area contributed by atoms with Crippen LogP contribution < -0.4 is 11.0 Å². The van der Waals surface area contributed by atoms with Crippen LogP contribution in [0.1, 0.15) is 45.1 Å². The molecular formula is C33H27BrClN9O3. The molecule has 0 spiro atoms. The zero-order valence-corrected chi connectivity index (χ0v) is 27.3. The van der Waals surface area contributed by atoms with Gasteiger partial charge in [0.05, 0.1) is 40.4 Å². The molecule has 1 aliphatic heterocycles. The number of nitrogens with one attached hydrogen (secondary N) is 1. The molecule has 0 fully saturated rings. The number of amides is 2. The van der Waals surface area contributed by atoms with Gasteiger partial charge in [-0.15, -0.1) is 0 Å². The normalized spacial score (nSPS) is 13.3. The third-order valence-electron chi connectivity index (χ3n) is 8.14. The molecular weight excluding hydrogens is 686 g/mol. The average molecular weight is 713 g/mol. The molecule has 1 unspecified atom stereocenters. The van der Waals surface area contributed by atoms with Gasteiger partial charge in [0, 0.05) is 35.5 Å². The molecule has 7 rings (SSSR count). The van der Waals surface area contributed by atoms with E-state index in [1.54, 1.807) is 61.7 Å². The number of halogens is 2. The van der Waals surface area contributed by atoms with E-state index in [1.807, 2.05) is 55.6 Å². The van der Waals surface area contributed by atoms with E-state index in [1.165, 1.54) is 10.9 Å². The second kappa shape index (κ2) is 12.5. The molecule has 1 atom stereocenters. The standard InChI is InChI=1S/C33H27BrClN9O3/c1-21(25-5-2-3-6-28(25)43-20-36-19-38-43)39-31(45)30-29-18-40(32(46)22-7-12-26(34)27(35)17-22)15-16-41(29)33(47)44(30)24-10-8-23(9-11-24)42-14-4-13-37-42/h2-14,17,19-21H,15-16,18H2,1H3,(H,39,45). The number of para-hydroxylation sites is 1. The smallest absolute Gasteiger partial charge is 0.333 e. The van der Waals surface area contributed by atoms with Gasteiger partial charge in [0.15, 0.2) is 0 Å². The summed E-state index contributed by atoms with van der Waals surface area (Å²) in [4.78, 5) is 47.7. The molecule has 3 aromatic heterocycles. The van der Waals surface area contributed by atoms with Gasteiger partial charge in [0.1, 0.15) is 18.3 Å². The third-order valence-corrected chi connectivity index (χ3v) is 9.37. The minimum Gasteiger partial charge on any atom is -0.344 e. The highest BCUT2D eigenvalue weighted by Crippen LogP contribution is 2.27. The van der Waals surface area contributed by atoms with Gasteiger partial charge in [0.2, 0.25) is 0 Å². The zero-order chi connectivity index (χ0) is 32.7. The van der Waals surface area contributed by atoms with Crippen molar-refractivity contribution in [2.45, 2.75) is 26.1 Å². The number of rotatable bonds is 7. The first-order valence-corrected chi connectivity index (χ1v) is 15.9. The maximum absolute atomic E-state index is 14.3. The van der Waals surface area contributed by atoms with Crippen LogP contribution >= 0.6 is 27.5 Å². The molecule has 12 nitrogen and oxygen atoms in total. The Labute approximate surface area is 282 Å². The molecule has 236 valence electrons. The van der Waals surface area contributed by atoms with Crippen LogP contribution in [0, 0.1) is 0 Å². The van der Waals surface area contributed by atoms with E-state index in [0.717, 1.165) is 16.9 Å². The highest BCUT2D eigenvalue weighted by molar-refractivity contribution is 9.10. The number of aromatic nitrogens is 7. The van der Waals surface area contributed by atoms with E-state index in [-0.39, 0.29) is 36.9 Å². The van der Waals surface area contributed by atoms with Crippen LogP contribution in [0.4, 0.5) is 0 Å². The lowest BCUT2D eigenvalue weighted by atomic mass is 10.1. The van der Waals surface area contributed by atoms with Crippen molar-refractivity contribution in [3.05, 3.63) is 140 Å². The summed E-state index contributed by atoms with van der Waals surface area (Å²) < 4.78 is 7.00. The fraction of sp³-hybridized carbons (Fsp3) is 0.152. The summed E-state index contributed by atoms with van der Waals surface area (Å²) in [6.07, 6.45) is 6.53. The van der Waals surface area contributed by atoms with Gasteiger partial charge in [-0.3, -0.25) is 18.7 Å². The van der Waals surface area contributed by atoms with Crippen LogP contribution in [-0.4, -0.2) is 56.9 Å². The van der Waals surface area contributed by atoms with Crippen molar-refractivity contribution >= 4 is 39.3 Å². The average Bonchev–Trinajstić information content (AvgIpc) is 3.88. The number of imidazole rings is 1. The van der Waals surface area contributed by atoms with Gasteiger partial charge in [-0.1, -0.05) is 29.8 Å². The summed E-state index contributed by atoms with van der Waals surface area (Å²) in [6, 6.07) is 21.1. The second-order valence-electron chi connectivity index (χ2n) is 11.0. The Morgan fingerprint density at radius 2 is 1.74 bits per heavy atom. The molecule has 2 amide bonds. The van der Waals surface area contributed by atoms with Crippen molar-refractivity contribution in [3.8, 4) is 17.1 Å². The van der Waals surface area contributed by atoms with Crippen molar-refractivity contribution in [3.63, 3.8) is 0 Å². The molecule has 0 saturated heterocycles. The predicted molar refractivity (Wildman–Crippen MR) is 178 cm³/mol. The predicted octanol–water partition coefficient (Wildman–Crippen LogP) is 4.97. The van der Waals surface area contributed by atoms with Crippen molar-refractivity contribution in [1.29, 1.82) is 0 Å². The van der Waals surface area contributed by atoms with E-state index in [2.05, 4.69) is 36.4 Å². The lowest BCUT2D eigenvalue weighted by Crippen LogP contribution is -2.41. The summed E-state index contributed by atoms with van der Waals surface area (Å²) in [5.41, 5.74) is 3.49. The lowest BCUT2D eigenvalue weighted by molar-refractivity contribution is 0.0706. The first kappa shape index (κ1) is 30.4. The van der Waals surface area contributed by atoms with Gasteiger partial charge in [-0.25, -0.2) is 19.1 Å². The Morgan fingerprint density at radius 1 is 0.957 bits per heavy atom. The summed E-state index contributed by atoms with van der Waals surface area (Å²) in [7, 11) is 0. The van der Waals surface area contributed by atoms with Gasteiger partial charge >= 0.3 is 5.69 Å². The van der Waals surface area contributed by atoms with Gasteiger partial charge in [0.25, 0.3) is 11.8 Å². The first-order chi connectivity index (χ1) is 22.8. The molecule has 14 heteroatoms. The summed E-state index contributed by atoms with van der Waals surface area (Å²) in [5, 5.41) is 12.0.